The van der Waals surface area contributed by atoms with Crippen LogP contribution in [0.5, 0.6) is 0 Å². The van der Waals surface area contributed by atoms with Crippen molar-refractivity contribution in [3.05, 3.63) is 52.8 Å². The quantitative estimate of drug-likeness (QED) is 0.939. The van der Waals surface area contributed by atoms with Gasteiger partial charge in [0, 0.05) is 6.54 Å². The van der Waals surface area contributed by atoms with Crippen LogP contribution in [0.15, 0.2) is 30.3 Å². The minimum Gasteiger partial charge on any atom is -0.382 e. The molecule has 0 amide bonds. The molecule has 0 saturated carbocycles. The second-order valence-corrected chi connectivity index (χ2v) is 4.51. The van der Waals surface area contributed by atoms with Crippen molar-refractivity contribution in [1.82, 2.24) is 9.78 Å². The molecule has 0 aliphatic rings. The van der Waals surface area contributed by atoms with Crippen molar-refractivity contribution >= 4 is 0 Å². The number of benzene rings is 1. The van der Waals surface area contributed by atoms with Gasteiger partial charge in [-0.05, 0) is 31.5 Å². The van der Waals surface area contributed by atoms with Crippen molar-refractivity contribution in [1.29, 1.82) is 0 Å². The summed E-state index contributed by atoms with van der Waals surface area (Å²) in [5.74, 6) is 0. The van der Waals surface area contributed by atoms with E-state index in [9.17, 15) is 18.3 Å². The molecule has 20 heavy (non-hydrogen) atoms. The third-order valence-electron chi connectivity index (χ3n) is 3.07. The summed E-state index contributed by atoms with van der Waals surface area (Å²) in [5.41, 5.74) is 0.0377. The third kappa shape index (κ3) is 2.70. The summed E-state index contributed by atoms with van der Waals surface area (Å²) in [5, 5.41) is 14.4. The molecule has 0 aliphatic carbocycles. The molecule has 1 N–H and O–H groups in total. The van der Waals surface area contributed by atoms with Gasteiger partial charge >= 0.3 is 6.18 Å². The van der Waals surface area contributed by atoms with Crippen LogP contribution in [0.3, 0.4) is 0 Å². The van der Waals surface area contributed by atoms with E-state index >= 15 is 0 Å². The van der Waals surface area contributed by atoms with Crippen molar-refractivity contribution in [3.8, 4) is 0 Å². The average Bonchev–Trinajstić information content (AvgIpc) is 2.78. The van der Waals surface area contributed by atoms with Crippen LogP contribution in [0, 0.1) is 6.92 Å². The van der Waals surface area contributed by atoms with Gasteiger partial charge in [0.15, 0.2) is 0 Å². The molecule has 0 radical (unpaired) electrons. The molecule has 2 rings (SSSR count). The second kappa shape index (κ2) is 5.28. The van der Waals surface area contributed by atoms with Gasteiger partial charge in [-0.1, -0.05) is 18.2 Å². The molecule has 1 unspecified atom stereocenters. The highest BCUT2D eigenvalue weighted by molar-refractivity contribution is 5.36. The molecule has 108 valence electrons. The third-order valence-corrected chi connectivity index (χ3v) is 3.07. The van der Waals surface area contributed by atoms with E-state index in [4.69, 9.17) is 0 Å². The second-order valence-electron chi connectivity index (χ2n) is 4.51. The van der Waals surface area contributed by atoms with E-state index in [0.717, 1.165) is 6.07 Å². The number of hydrogen-bond donors (Lipinski definition) is 1. The van der Waals surface area contributed by atoms with Crippen LogP contribution in [0.25, 0.3) is 0 Å². The number of aliphatic hydroxyl groups is 1. The normalized spacial score (nSPS) is 13.5. The Kier molecular flexibility index (Phi) is 3.85. The molecule has 1 heterocycles. The highest BCUT2D eigenvalue weighted by atomic mass is 19.4. The first-order valence-electron chi connectivity index (χ1n) is 6.23. The summed E-state index contributed by atoms with van der Waals surface area (Å²) in [6, 6.07) is 6.64. The summed E-state index contributed by atoms with van der Waals surface area (Å²) in [6.45, 7) is 4.03. The number of aliphatic hydroxyl groups excluding tert-OH is 1. The van der Waals surface area contributed by atoms with Gasteiger partial charge in [0.1, 0.15) is 6.10 Å². The fourth-order valence-corrected chi connectivity index (χ4v) is 2.19. The van der Waals surface area contributed by atoms with Crippen molar-refractivity contribution in [2.45, 2.75) is 32.7 Å². The summed E-state index contributed by atoms with van der Waals surface area (Å²) >= 11 is 0. The Hall–Kier alpha value is -1.82. The molecule has 1 atom stereocenters. The van der Waals surface area contributed by atoms with E-state index in [1.807, 2.05) is 6.92 Å². The van der Waals surface area contributed by atoms with Crippen molar-refractivity contribution in [3.63, 3.8) is 0 Å². The Morgan fingerprint density at radius 1 is 1.30 bits per heavy atom. The fraction of sp³-hybridized carbons (Fsp3) is 0.357. The SMILES string of the molecule is CCn1nc(C)cc1C(O)c1ccccc1C(F)(F)F. The Balaban J connectivity index is 2.51. The average molecular weight is 284 g/mol. The van der Waals surface area contributed by atoms with Crippen molar-refractivity contribution in [2.75, 3.05) is 0 Å². The van der Waals surface area contributed by atoms with Gasteiger partial charge in [0.05, 0.1) is 17.0 Å². The van der Waals surface area contributed by atoms with Crippen LogP contribution >= 0.6 is 0 Å². The number of nitrogens with zero attached hydrogens (tertiary/aromatic N) is 2. The Labute approximate surface area is 114 Å². The first-order valence-corrected chi connectivity index (χ1v) is 6.23. The first kappa shape index (κ1) is 14.6. The minimum atomic E-state index is -4.50. The van der Waals surface area contributed by atoms with Crippen LogP contribution in [-0.4, -0.2) is 14.9 Å². The number of aryl methyl sites for hydroxylation is 2. The summed E-state index contributed by atoms with van der Waals surface area (Å²) in [6.07, 6.45) is -5.85. The number of rotatable bonds is 3. The molecule has 0 bridgehead atoms. The lowest BCUT2D eigenvalue weighted by Gasteiger charge is -2.18. The maximum atomic E-state index is 13.0. The molecule has 1 aromatic heterocycles. The van der Waals surface area contributed by atoms with Gasteiger partial charge in [0.25, 0.3) is 0 Å². The molecular weight excluding hydrogens is 269 g/mol. The maximum absolute atomic E-state index is 13.0. The molecule has 6 heteroatoms. The fourth-order valence-electron chi connectivity index (χ4n) is 2.19. The number of alkyl halides is 3. The number of aromatic nitrogens is 2. The van der Waals surface area contributed by atoms with Gasteiger partial charge in [0.2, 0.25) is 0 Å². The molecule has 0 fully saturated rings. The first-order chi connectivity index (χ1) is 9.34. The summed E-state index contributed by atoms with van der Waals surface area (Å²) in [7, 11) is 0. The van der Waals surface area contributed by atoms with E-state index in [1.54, 1.807) is 13.0 Å². The monoisotopic (exact) mass is 284 g/mol. The van der Waals surface area contributed by atoms with Crippen molar-refractivity contribution < 1.29 is 18.3 Å². The highest BCUT2D eigenvalue weighted by Gasteiger charge is 2.35. The van der Waals surface area contributed by atoms with Crippen molar-refractivity contribution in [2.24, 2.45) is 0 Å². The standard InChI is InChI=1S/C14H15F3N2O/c1-3-19-12(8-9(2)18-19)13(20)10-6-4-5-7-11(10)14(15,16)17/h4-8,13,20H,3H2,1-2H3. The van der Waals surface area contributed by atoms with Gasteiger partial charge in [-0.3, -0.25) is 4.68 Å². The van der Waals surface area contributed by atoms with Crippen LogP contribution in [0.4, 0.5) is 13.2 Å². The van der Waals surface area contributed by atoms with E-state index in [0.29, 0.717) is 17.9 Å². The van der Waals surface area contributed by atoms with Crippen LogP contribution in [0.1, 0.15) is 35.5 Å². The molecule has 2 aromatic rings. The van der Waals surface area contributed by atoms with E-state index < -0.39 is 17.8 Å². The molecular formula is C14H15F3N2O. The largest absolute Gasteiger partial charge is 0.416 e. The van der Waals surface area contributed by atoms with Crippen LogP contribution in [0.2, 0.25) is 0 Å². The zero-order chi connectivity index (χ0) is 14.9. The number of halogens is 3. The predicted octanol–water partition coefficient (Wildman–Crippen LogP) is 3.31. The molecule has 0 spiro atoms. The van der Waals surface area contributed by atoms with Gasteiger partial charge in [-0.15, -0.1) is 0 Å². The summed E-state index contributed by atoms with van der Waals surface area (Å²) in [4.78, 5) is 0. The van der Waals surface area contributed by atoms with E-state index in [-0.39, 0.29) is 5.56 Å². The van der Waals surface area contributed by atoms with Gasteiger partial charge < -0.3 is 5.11 Å². The Morgan fingerprint density at radius 3 is 2.55 bits per heavy atom. The highest BCUT2D eigenvalue weighted by Crippen LogP contribution is 2.36. The van der Waals surface area contributed by atoms with Gasteiger partial charge in [-0.25, -0.2) is 0 Å². The summed E-state index contributed by atoms with van der Waals surface area (Å²) < 4.78 is 40.4. The zero-order valence-electron chi connectivity index (χ0n) is 11.1. The van der Waals surface area contributed by atoms with Gasteiger partial charge in [-0.2, -0.15) is 18.3 Å². The number of hydrogen-bond acceptors (Lipinski definition) is 2. The predicted molar refractivity (Wildman–Crippen MR) is 68.1 cm³/mol. The Morgan fingerprint density at radius 2 is 1.95 bits per heavy atom. The van der Waals surface area contributed by atoms with Crippen LogP contribution < -0.4 is 0 Å². The lowest BCUT2D eigenvalue weighted by Crippen LogP contribution is -2.15. The molecule has 1 aromatic carbocycles. The smallest absolute Gasteiger partial charge is 0.382 e. The van der Waals surface area contributed by atoms with E-state index in [1.165, 1.54) is 22.9 Å². The molecule has 0 saturated heterocycles. The molecule has 0 aliphatic heterocycles. The van der Waals surface area contributed by atoms with E-state index in [2.05, 4.69) is 5.10 Å². The lowest BCUT2D eigenvalue weighted by molar-refractivity contribution is -0.139. The topological polar surface area (TPSA) is 38.0 Å². The zero-order valence-corrected chi connectivity index (χ0v) is 11.1. The van der Waals surface area contributed by atoms with Crippen LogP contribution in [-0.2, 0) is 12.7 Å². The minimum absolute atomic E-state index is 0.158. The lowest BCUT2D eigenvalue weighted by atomic mass is 9.99. The molecule has 3 nitrogen and oxygen atoms in total. The maximum Gasteiger partial charge on any atom is 0.416 e. The Bertz CT molecular complexity index is 605.